The number of rotatable bonds is 5. The molecule has 166 valence electrons. The summed E-state index contributed by atoms with van der Waals surface area (Å²) < 4.78 is 5.72. The molecule has 2 amide bonds. The number of thiophene rings is 1. The van der Waals surface area contributed by atoms with Crippen molar-refractivity contribution in [1.82, 2.24) is 15.5 Å². The molecular weight excluding hydrogens is 476 g/mol. The van der Waals surface area contributed by atoms with Crippen LogP contribution >= 0.6 is 34.7 Å². The summed E-state index contributed by atoms with van der Waals surface area (Å²) >= 11 is 9.26. The molecule has 2 aromatic heterocycles. The van der Waals surface area contributed by atoms with Gasteiger partial charge in [-0.1, -0.05) is 41.0 Å². The lowest BCUT2D eigenvalue weighted by Gasteiger charge is -2.35. The minimum atomic E-state index is -0.466. The van der Waals surface area contributed by atoms with Gasteiger partial charge in [-0.25, -0.2) is 4.79 Å². The number of nitrogens with zero attached hydrogens (tertiary/aromatic N) is 3. The van der Waals surface area contributed by atoms with E-state index in [2.05, 4.69) is 15.5 Å². The monoisotopic (exact) mass is 494 g/mol. The molecule has 1 N–H and O–H groups in total. The third-order valence-electron chi connectivity index (χ3n) is 5.40. The van der Waals surface area contributed by atoms with Crippen molar-refractivity contribution >= 4 is 52.0 Å². The van der Waals surface area contributed by atoms with Gasteiger partial charge in [-0.05, 0) is 60.5 Å². The topological polar surface area (TPSA) is 71.3 Å². The number of carbonyl (C=O) groups is 1. The zero-order chi connectivity index (χ0) is 22.9. The lowest BCUT2D eigenvalue weighted by molar-refractivity contribution is 0.244. The number of thioether (sulfide) groups is 1. The van der Waals surface area contributed by atoms with Crippen LogP contribution < -0.4 is 10.2 Å². The molecule has 0 saturated carbocycles. The summed E-state index contributed by atoms with van der Waals surface area (Å²) in [5.74, 6) is 0.879. The Balaban J connectivity index is 1.66. The van der Waals surface area contributed by atoms with Gasteiger partial charge in [-0.3, -0.25) is 4.90 Å². The molecule has 0 saturated heterocycles. The van der Waals surface area contributed by atoms with Crippen LogP contribution in [0.15, 0.2) is 81.2 Å². The molecule has 0 fully saturated rings. The first-order valence-corrected chi connectivity index (χ1v) is 12.6. The predicted molar refractivity (Wildman–Crippen MR) is 134 cm³/mol. The number of benzene rings is 2. The predicted octanol–water partition coefficient (Wildman–Crippen LogP) is 6.88. The molecule has 33 heavy (non-hydrogen) atoms. The average Bonchev–Trinajstić information content (AvgIpc) is 3.52. The summed E-state index contributed by atoms with van der Waals surface area (Å²) in [7, 11) is 0. The van der Waals surface area contributed by atoms with Crippen molar-refractivity contribution < 1.29 is 9.32 Å². The SMILES string of the molecule is CSc1cccc(N2C(=O)NC(c3ccc(Cl)cc3)C(c3nc(-c4cccs4)no3)=C2C)c1. The van der Waals surface area contributed by atoms with E-state index in [0.29, 0.717) is 16.7 Å². The molecule has 1 atom stereocenters. The number of hydrogen-bond acceptors (Lipinski definition) is 6. The van der Waals surface area contributed by atoms with Gasteiger partial charge in [-0.15, -0.1) is 23.1 Å². The van der Waals surface area contributed by atoms with Crippen LogP contribution in [0.2, 0.25) is 5.02 Å². The first-order chi connectivity index (χ1) is 16.0. The lowest BCUT2D eigenvalue weighted by atomic mass is 9.94. The van der Waals surface area contributed by atoms with Crippen molar-refractivity contribution in [2.45, 2.75) is 17.9 Å². The molecule has 0 bridgehead atoms. The van der Waals surface area contributed by atoms with Gasteiger partial charge in [0.1, 0.15) is 0 Å². The van der Waals surface area contributed by atoms with Crippen LogP contribution in [0, 0.1) is 0 Å². The average molecular weight is 495 g/mol. The quantitative estimate of drug-likeness (QED) is 0.306. The van der Waals surface area contributed by atoms with Crippen molar-refractivity contribution in [3.63, 3.8) is 0 Å². The Morgan fingerprint density at radius 3 is 2.70 bits per heavy atom. The van der Waals surface area contributed by atoms with E-state index >= 15 is 0 Å². The number of nitrogens with one attached hydrogen (secondary N) is 1. The van der Waals surface area contributed by atoms with E-state index in [1.165, 1.54) is 11.3 Å². The molecule has 0 aliphatic carbocycles. The standard InChI is InChI=1S/C24H19ClN4O2S2/c1-14-20(23-27-22(28-31-23)19-7-4-12-33-19)21(15-8-10-16(25)11-9-15)26-24(30)29(14)17-5-3-6-18(13-17)32-2/h3-13,21H,1-2H3,(H,26,30). The molecule has 0 radical (unpaired) electrons. The van der Waals surface area contributed by atoms with Crippen LogP contribution in [-0.2, 0) is 0 Å². The van der Waals surface area contributed by atoms with E-state index < -0.39 is 6.04 Å². The summed E-state index contributed by atoms with van der Waals surface area (Å²) in [5, 5.41) is 9.89. The number of hydrogen-bond donors (Lipinski definition) is 1. The van der Waals surface area contributed by atoms with E-state index in [4.69, 9.17) is 16.1 Å². The molecule has 9 heteroatoms. The molecule has 1 unspecified atom stereocenters. The fourth-order valence-corrected chi connectivity index (χ4v) is 5.05. The number of halogens is 1. The Morgan fingerprint density at radius 2 is 1.97 bits per heavy atom. The Kier molecular flexibility index (Phi) is 5.97. The minimum absolute atomic E-state index is 0.229. The highest BCUT2D eigenvalue weighted by Crippen LogP contribution is 2.40. The second-order valence-electron chi connectivity index (χ2n) is 7.37. The third kappa shape index (κ3) is 4.17. The van der Waals surface area contributed by atoms with E-state index in [9.17, 15) is 4.79 Å². The van der Waals surface area contributed by atoms with Gasteiger partial charge >= 0.3 is 6.03 Å². The molecule has 0 spiro atoms. The summed E-state index contributed by atoms with van der Waals surface area (Å²) in [6, 6.07) is 18.4. The number of allylic oxidation sites excluding steroid dienone is 1. The molecule has 1 aliphatic rings. The van der Waals surface area contributed by atoms with Gasteiger partial charge in [-0.2, -0.15) is 4.98 Å². The second kappa shape index (κ2) is 9.05. The van der Waals surface area contributed by atoms with Gasteiger partial charge in [0.15, 0.2) is 0 Å². The van der Waals surface area contributed by atoms with Crippen LogP contribution in [0.1, 0.15) is 24.4 Å². The van der Waals surface area contributed by atoms with Gasteiger partial charge in [0.05, 0.1) is 22.2 Å². The summed E-state index contributed by atoms with van der Waals surface area (Å²) in [5.41, 5.74) is 3.09. The van der Waals surface area contributed by atoms with Crippen molar-refractivity contribution in [3.8, 4) is 10.7 Å². The molecule has 2 aromatic carbocycles. The van der Waals surface area contributed by atoms with Crippen molar-refractivity contribution in [2.75, 3.05) is 11.2 Å². The normalized spacial score (nSPS) is 16.3. The van der Waals surface area contributed by atoms with E-state index in [1.54, 1.807) is 28.8 Å². The van der Waals surface area contributed by atoms with Crippen LogP contribution in [0.3, 0.4) is 0 Å². The highest BCUT2D eigenvalue weighted by atomic mass is 35.5. The number of urea groups is 1. The molecule has 4 aromatic rings. The van der Waals surface area contributed by atoms with E-state index in [1.807, 2.05) is 67.1 Å². The maximum absolute atomic E-state index is 13.3. The highest BCUT2D eigenvalue weighted by Gasteiger charge is 2.36. The Morgan fingerprint density at radius 1 is 1.15 bits per heavy atom. The van der Waals surface area contributed by atoms with Gasteiger partial charge in [0.2, 0.25) is 5.82 Å². The fourth-order valence-electron chi connectivity index (χ4n) is 3.82. The maximum Gasteiger partial charge on any atom is 0.326 e. The fraction of sp³-hybridized carbons (Fsp3) is 0.125. The molecule has 5 rings (SSSR count). The number of aromatic nitrogens is 2. The Bertz CT molecular complexity index is 1330. The minimum Gasteiger partial charge on any atom is -0.334 e. The van der Waals surface area contributed by atoms with Gasteiger partial charge in [0.25, 0.3) is 5.89 Å². The van der Waals surface area contributed by atoms with E-state index in [0.717, 1.165) is 32.3 Å². The summed E-state index contributed by atoms with van der Waals surface area (Å²) in [6.45, 7) is 1.90. The lowest BCUT2D eigenvalue weighted by Crippen LogP contribution is -2.46. The Labute approximate surface area is 204 Å². The Hall–Kier alpha value is -3.07. The van der Waals surface area contributed by atoms with Crippen molar-refractivity contribution in [2.24, 2.45) is 0 Å². The van der Waals surface area contributed by atoms with Crippen molar-refractivity contribution in [1.29, 1.82) is 0 Å². The molecular formula is C24H19ClN4O2S2. The van der Waals surface area contributed by atoms with Gasteiger partial charge in [0, 0.05) is 15.6 Å². The second-order valence-corrected chi connectivity index (χ2v) is 9.63. The van der Waals surface area contributed by atoms with Gasteiger partial charge < -0.3 is 9.84 Å². The first kappa shape index (κ1) is 21.8. The largest absolute Gasteiger partial charge is 0.334 e. The number of anilines is 1. The zero-order valence-corrected chi connectivity index (χ0v) is 20.2. The maximum atomic E-state index is 13.3. The van der Waals surface area contributed by atoms with Crippen molar-refractivity contribution in [3.05, 3.63) is 88.2 Å². The van der Waals surface area contributed by atoms with Crippen LogP contribution in [0.4, 0.5) is 10.5 Å². The molecule has 1 aliphatic heterocycles. The summed E-state index contributed by atoms with van der Waals surface area (Å²) in [6.07, 6.45) is 2.00. The first-order valence-electron chi connectivity index (χ1n) is 10.1. The molecule has 6 nitrogen and oxygen atoms in total. The van der Waals surface area contributed by atoms with Crippen LogP contribution in [-0.4, -0.2) is 22.4 Å². The van der Waals surface area contributed by atoms with Crippen LogP contribution in [0.25, 0.3) is 16.3 Å². The highest BCUT2D eigenvalue weighted by molar-refractivity contribution is 7.98. The number of amides is 2. The summed E-state index contributed by atoms with van der Waals surface area (Å²) in [4.78, 5) is 21.6. The smallest absolute Gasteiger partial charge is 0.326 e. The third-order valence-corrected chi connectivity index (χ3v) is 7.24. The zero-order valence-electron chi connectivity index (χ0n) is 17.8. The van der Waals surface area contributed by atoms with E-state index in [-0.39, 0.29) is 6.03 Å². The van der Waals surface area contributed by atoms with Crippen LogP contribution in [0.5, 0.6) is 0 Å². The molecule has 3 heterocycles. The number of carbonyl (C=O) groups excluding carboxylic acids is 1.